The van der Waals surface area contributed by atoms with Gasteiger partial charge in [-0.15, -0.1) is 11.3 Å². The number of imidazole rings is 1. The van der Waals surface area contributed by atoms with Gasteiger partial charge < -0.3 is 9.84 Å². The zero-order valence-corrected chi connectivity index (χ0v) is 10.3. The molecule has 1 N–H and O–H groups in total. The van der Waals surface area contributed by atoms with Crippen LogP contribution < -0.4 is 4.74 Å². The van der Waals surface area contributed by atoms with Gasteiger partial charge in [0.25, 0.3) is 0 Å². The summed E-state index contributed by atoms with van der Waals surface area (Å²) in [5.74, 6) is -0.532. The molecule has 0 amide bonds. The van der Waals surface area contributed by atoms with Gasteiger partial charge in [-0.1, -0.05) is 0 Å². The van der Waals surface area contributed by atoms with E-state index in [2.05, 4.69) is 4.98 Å². The van der Waals surface area contributed by atoms with Gasteiger partial charge in [0, 0.05) is 17.7 Å². The van der Waals surface area contributed by atoms with Crippen molar-refractivity contribution in [2.45, 2.75) is 20.0 Å². The normalized spacial score (nSPS) is 11.7. The van der Waals surface area contributed by atoms with E-state index < -0.39 is 5.97 Å². The fourth-order valence-electron chi connectivity index (χ4n) is 1.40. The number of ether oxygens (including phenoxy) is 1. The highest BCUT2D eigenvalue weighted by Crippen LogP contribution is 2.25. The third-order valence-electron chi connectivity index (χ3n) is 2.00. The van der Waals surface area contributed by atoms with Gasteiger partial charge in [0.05, 0.1) is 6.10 Å². The van der Waals surface area contributed by atoms with Crippen molar-refractivity contribution in [2.24, 2.45) is 0 Å². The largest absolute Gasteiger partial charge is 0.478 e. The first kappa shape index (κ1) is 11.7. The average molecular weight is 252 g/mol. The molecule has 0 unspecified atom stereocenters. The number of rotatable bonds is 4. The van der Waals surface area contributed by atoms with E-state index in [9.17, 15) is 4.79 Å². The summed E-state index contributed by atoms with van der Waals surface area (Å²) >= 11 is 1.47. The van der Waals surface area contributed by atoms with Gasteiger partial charge in [-0.25, -0.2) is 4.79 Å². The van der Waals surface area contributed by atoms with Crippen molar-refractivity contribution in [3.8, 4) is 5.88 Å². The van der Waals surface area contributed by atoms with Crippen molar-refractivity contribution < 1.29 is 14.6 Å². The van der Waals surface area contributed by atoms with E-state index in [4.69, 9.17) is 9.84 Å². The van der Waals surface area contributed by atoms with Gasteiger partial charge in [-0.05, 0) is 19.9 Å². The lowest BCUT2D eigenvalue weighted by molar-refractivity contribution is -0.131. The highest BCUT2D eigenvalue weighted by molar-refractivity contribution is 7.15. The summed E-state index contributed by atoms with van der Waals surface area (Å²) in [5.41, 5.74) is 0.650. The summed E-state index contributed by atoms with van der Waals surface area (Å²) in [6, 6.07) is 0. The number of hydrogen-bond donors (Lipinski definition) is 1. The van der Waals surface area contributed by atoms with Gasteiger partial charge in [-0.3, -0.25) is 4.40 Å². The van der Waals surface area contributed by atoms with Crippen LogP contribution in [0.25, 0.3) is 11.0 Å². The molecule has 6 heteroatoms. The quantitative estimate of drug-likeness (QED) is 0.848. The summed E-state index contributed by atoms with van der Waals surface area (Å²) in [6.45, 7) is 3.80. The van der Waals surface area contributed by atoms with E-state index in [0.717, 1.165) is 11.0 Å². The molecule has 0 aliphatic heterocycles. The minimum absolute atomic E-state index is 0.00316. The molecule has 90 valence electrons. The molecule has 17 heavy (non-hydrogen) atoms. The van der Waals surface area contributed by atoms with Gasteiger partial charge in [0.1, 0.15) is 5.69 Å². The van der Waals surface area contributed by atoms with E-state index in [0.29, 0.717) is 11.6 Å². The van der Waals surface area contributed by atoms with Crippen LogP contribution in [0.5, 0.6) is 5.88 Å². The molecule has 0 aliphatic rings. The minimum atomic E-state index is -0.995. The van der Waals surface area contributed by atoms with Crippen LogP contribution in [0.15, 0.2) is 17.7 Å². The standard InChI is InChI=1S/C11H12N2O3S/c1-7(2)16-10-8(3-4-9(14)15)13-5-6-17-11(13)12-10/h3-7H,1-2H3,(H,14,15)/b4-3+. The van der Waals surface area contributed by atoms with Crippen molar-refractivity contribution in [1.29, 1.82) is 0 Å². The molecule has 2 aromatic heterocycles. The Labute approximate surface area is 102 Å². The van der Waals surface area contributed by atoms with Gasteiger partial charge in [0.15, 0.2) is 4.96 Å². The zero-order valence-electron chi connectivity index (χ0n) is 9.45. The molecule has 0 spiro atoms. The van der Waals surface area contributed by atoms with Crippen LogP contribution in [0.1, 0.15) is 19.5 Å². The second-order valence-electron chi connectivity index (χ2n) is 3.70. The van der Waals surface area contributed by atoms with Gasteiger partial charge in [-0.2, -0.15) is 4.98 Å². The Morgan fingerprint density at radius 2 is 2.41 bits per heavy atom. The predicted molar refractivity (Wildman–Crippen MR) is 65.5 cm³/mol. The van der Waals surface area contributed by atoms with Crippen LogP contribution in [0.3, 0.4) is 0 Å². The summed E-state index contributed by atoms with van der Waals surface area (Å²) < 4.78 is 7.36. The molecule has 0 saturated heterocycles. The van der Waals surface area contributed by atoms with Gasteiger partial charge in [0.2, 0.25) is 5.88 Å². The first-order valence-corrected chi connectivity index (χ1v) is 5.99. The summed E-state index contributed by atoms with van der Waals surface area (Å²) in [6.07, 6.45) is 4.40. The third-order valence-corrected chi connectivity index (χ3v) is 2.75. The van der Waals surface area contributed by atoms with Crippen LogP contribution in [0.4, 0.5) is 0 Å². The smallest absolute Gasteiger partial charge is 0.328 e. The van der Waals surface area contributed by atoms with Crippen molar-refractivity contribution in [2.75, 3.05) is 0 Å². The maximum absolute atomic E-state index is 10.5. The zero-order chi connectivity index (χ0) is 12.4. The molecule has 0 atom stereocenters. The van der Waals surface area contributed by atoms with Crippen LogP contribution in [0.2, 0.25) is 0 Å². The lowest BCUT2D eigenvalue weighted by Gasteiger charge is -2.06. The molecule has 0 bridgehead atoms. The molecule has 2 aromatic rings. The van der Waals surface area contributed by atoms with Crippen molar-refractivity contribution in [3.05, 3.63) is 23.3 Å². The first-order chi connectivity index (χ1) is 8.08. The number of aromatic nitrogens is 2. The fraction of sp³-hybridized carbons (Fsp3) is 0.273. The van der Waals surface area contributed by atoms with Crippen LogP contribution in [-0.2, 0) is 4.79 Å². The monoisotopic (exact) mass is 252 g/mol. The summed E-state index contributed by atoms with van der Waals surface area (Å²) in [5, 5.41) is 10.5. The number of carboxylic acid groups (broad SMARTS) is 1. The molecular weight excluding hydrogens is 240 g/mol. The Bertz CT molecular complexity index is 568. The molecule has 2 heterocycles. The molecule has 5 nitrogen and oxygen atoms in total. The Morgan fingerprint density at radius 1 is 1.65 bits per heavy atom. The lowest BCUT2D eigenvalue weighted by atomic mass is 10.4. The predicted octanol–water partition coefficient (Wildman–Crippen LogP) is 2.28. The van der Waals surface area contributed by atoms with Gasteiger partial charge >= 0.3 is 5.97 Å². The lowest BCUT2D eigenvalue weighted by Crippen LogP contribution is -2.06. The molecular formula is C11H12N2O3S. The van der Waals surface area contributed by atoms with Crippen molar-refractivity contribution in [1.82, 2.24) is 9.38 Å². The van der Waals surface area contributed by atoms with E-state index in [1.54, 1.807) is 0 Å². The maximum atomic E-state index is 10.5. The summed E-state index contributed by atoms with van der Waals surface area (Å²) in [7, 11) is 0. The first-order valence-electron chi connectivity index (χ1n) is 5.11. The van der Waals surface area contributed by atoms with E-state index >= 15 is 0 Å². The van der Waals surface area contributed by atoms with Crippen molar-refractivity contribution in [3.63, 3.8) is 0 Å². The van der Waals surface area contributed by atoms with E-state index in [-0.39, 0.29) is 6.10 Å². The molecule has 0 aliphatic carbocycles. The van der Waals surface area contributed by atoms with E-state index in [1.807, 2.05) is 29.8 Å². The number of carbonyl (C=O) groups is 1. The highest BCUT2D eigenvalue weighted by Gasteiger charge is 2.13. The Hall–Kier alpha value is -1.82. The number of carboxylic acids is 1. The SMILES string of the molecule is CC(C)Oc1nc2sccn2c1/C=C/C(=O)O. The molecule has 0 fully saturated rings. The van der Waals surface area contributed by atoms with Crippen molar-refractivity contribution >= 4 is 28.3 Å². The van der Waals surface area contributed by atoms with Crippen LogP contribution in [0, 0.1) is 0 Å². The molecule has 2 rings (SSSR count). The fourth-order valence-corrected chi connectivity index (χ4v) is 2.11. The Balaban J connectivity index is 2.46. The van der Waals surface area contributed by atoms with E-state index in [1.165, 1.54) is 17.4 Å². The number of thiazole rings is 1. The summed E-state index contributed by atoms with van der Waals surface area (Å²) in [4.78, 5) is 15.6. The maximum Gasteiger partial charge on any atom is 0.328 e. The number of hydrogen-bond acceptors (Lipinski definition) is 4. The second kappa shape index (κ2) is 4.58. The Morgan fingerprint density at radius 3 is 3.06 bits per heavy atom. The highest BCUT2D eigenvalue weighted by atomic mass is 32.1. The number of aliphatic carboxylic acids is 1. The molecule has 0 aromatic carbocycles. The number of nitrogens with zero attached hydrogens (tertiary/aromatic N) is 2. The number of fused-ring (bicyclic) bond motifs is 1. The molecule has 0 saturated carbocycles. The van der Waals surface area contributed by atoms with Crippen LogP contribution in [-0.4, -0.2) is 26.6 Å². The third kappa shape index (κ3) is 2.47. The minimum Gasteiger partial charge on any atom is -0.478 e. The second-order valence-corrected chi connectivity index (χ2v) is 4.57. The molecule has 0 radical (unpaired) electrons. The topological polar surface area (TPSA) is 63.8 Å². The van der Waals surface area contributed by atoms with Crippen LogP contribution >= 0.6 is 11.3 Å². The average Bonchev–Trinajstić information content (AvgIpc) is 2.74. The Kier molecular flexibility index (Phi) is 3.14.